The van der Waals surface area contributed by atoms with Crippen LogP contribution >= 0.6 is 0 Å². The minimum absolute atomic E-state index is 0.00156. The molecule has 2 fully saturated rings. The first kappa shape index (κ1) is 29.7. The summed E-state index contributed by atoms with van der Waals surface area (Å²) >= 11 is 0. The molecule has 3 amide bonds. The number of amides is 3. The van der Waals surface area contributed by atoms with Crippen LogP contribution in [-0.2, 0) is 4.74 Å². The highest BCUT2D eigenvalue weighted by atomic mass is 19.1. The van der Waals surface area contributed by atoms with Gasteiger partial charge in [0.05, 0.1) is 16.8 Å². The summed E-state index contributed by atoms with van der Waals surface area (Å²) in [5.41, 5.74) is -0.176. The molecular weight excluding hydrogens is 557 g/mol. The van der Waals surface area contributed by atoms with Crippen molar-refractivity contribution in [3.8, 4) is 22.9 Å². The van der Waals surface area contributed by atoms with Crippen molar-refractivity contribution < 1.29 is 33.7 Å². The number of anilines is 1. The first-order chi connectivity index (χ1) is 20.4. The average Bonchev–Trinajstić information content (AvgIpc) is 3.79. The van der Waals surface area contributed by atoms with Gasteiger partial charge < -0.3 is 30.1 Å². The number of hydrogen-bond donors (Lipinski definition) is 3. The highest BCUT2D eigenvalue weighted by Crippen LogP contribution is 2.34. The van der Waals surface area contributed by atoms with Crippen molar-refractivity contribution in [3.05, 3.63) is 65.7 Å². The molecule has 0 spiro atoms. The number of halogens is 1. The van der Waals surface area contributed by atoms with Gasteiger partial charge in [0.25, 0.3) is 11.8 Å². The van der Waals surface area contributed by atoms with Crippen molar-refractivity contribution in [1.29, 1.82) is 0 Å². The zero-order valence-corrected chi connectivity index (χ0v) is 24.2. The normalized spacial score (nSPS) is 15.6. The number of phenols is 2. The highest BCUT2D eigenvalue weighted by molar-refractivity contribution is 6.05. The predicted molar refractivity (Wildman–Crippen MR) is 155 cm³/mol. The minimum atomic E-state index is -0.738. The molecular formula is C31H34FN5O6. The number of benzene rings is 2. The van der Waals surface area contributed by atoms with Gasteiger partial charge in [0.1, 0.15) is 22.9 Å². The van der Waals surface area contributed by atoms with E-state index in [2.05, 4.69) is 15.3 Å². The number of aromatic nitrogens is 2. The molecule has 1 aliphatic carbocycles. The number of hydrogen-bond acceptors (Lipinski definition) is 8. The fraction of sp³-hybridized carbons (Fsp3) is 0.387. The molecule has 2 aromatic carbocycles. The second-order valence-corrected chi connectivity index (χ2v) is 11.8. The summed E-state index contributed by atoms with van der Waals surface area (Å²) in [6, 6.07) is 7.58. The Bertz CT molecular complexity index is 1530. The van der Waals surface area contributed by atoms with Crippen LogP contribution in [0.25, 0.3) is 11.4 Å². The fourth-order valence-electron chi connectivity index (χ4n) is 5.02. The lowest BCUT2D eigenvalue weighted by Gasteiger charge is -2.39. The van der Waals surface area contributed by atoms with E-state index in [-0.39, 0.29) is 63.8 Å². The average molecular weight is 592 g/mol. The summed E-state index contributed by atoms with van der Waals surface area (Å²) in [5.74, 6) is -2.04. The smallest absolute Gasteiger partial charge is 0.410 e. The summed E-state index contributed by atoms with van der Waals surface area (Å²) < 4.78 is 20.5. The molecule has 11 nitrogen and oxygen atoms in total. The maximum atomic E-state index is 15.0. The van der Waals surface area contributed by atoms with Crippen LogP contribution in [0.3, 0.4) is 0 Å². The summed E-state index contributed by atoms with van der Waals surface area (Å²) in [6.45, 7) is 6.47. The van der Waals surface area contributed by atoms with Crippen LogP contribution in [0.15, 0.2) is 48.8 Å². The molecule has 5 rings (SSSR count). The van der Waals surface area contributed by atoms with Gasteiger partial charge in [0, 0.05) is 49.2 Å². The molecule has 3 N–H and O–H groups in total. The second kappa shape index (κ2) is 11.9. The van der Waals surface area contributed by atoms with Gasteiger partial charge in [-0.2, -0.15) is 0 Å². The lowest BCUT2D eigenvalue weighted by atomic mass is 10.0. The largest absolute Gasteiger partial charge is 0.508 e. The lowest BCUT2D eigenvalue weighted by molar-refractivity contribution is 0.0142. The number of carbonyl (C=O) groups excluding carboxylic acids is 3. The van der Waals surface area contributed by atoms with Crippen molar-refractivity contribution in [2.45, 2.75) is 64.1 Å². The molecule has 0 unspecified atom stereocenters. The Balaban J connectivity index is 1.24. The first-order valence-corrected chi connectivity index (χ1v) is 14.2. The van der Waals surface area contributed by atoms with E-state index < -0.39 is 17.3 Å². The first-order valence-electron chi connectivity index (χ1n) is 14.2. The Labute approximate surface area is 248 Å². The molecule has 2 aliphatic rings. The topological polar surface area (TPSA) is 145 Å². The van der Waals surface area contributed by atoms with Crippen LogP contribution in [0.4, 0.5) is 14.9 Å². The van der Waals surface area contributed by atoms with E-state index in [1.165, 1.54) is 36.7 Å². The van der Waals surface area contributed by atoms with Gasteiger partial charge >= 0.3 is 6.09 Å². The fourth-order valence-corrected chi connectivity index (χ4v) is 5.02. The number of carbonyl (C=O) groups is 3. The molecule has 0 bridgehead atoms. The van der Waals surface area contributed by atoms with Gasteiger partial charge in [-0.05, 0) is 76.8 Å². The Morgan fingerprint density at radius 3 is 2.19 bits per heavy atom. The van der Waals surface area contributed by atoms with Crippen LogP contribution in [0.2, 0.25) is 0 Å². The lowest BCUT2D eigenvalue weighted by Crippen LogP contribution is -2.50. The number of aromatic hydroxyl groups is 2. The number of nitrogens with one attached hydrogen (secondary N) is 1. The SMILES string of the molecule is CC(C)(C)OC(=O)N1CCC(N(C(=O)c2cnc(-c3ccc(C(=O)Nc4ccc(O)cc4O)cc3F)nc2)C2CC2)CC1. The monoisotopic (exact) mass is 591 g/mol. The Morgan fingerprint density at radius 2 is 1.60 bits per heavy atom. The Morgan fingerprint density at radius 1 is 0.953 bits per heavy atom. The minimum Gasteiger partial charge on any atom is -0.508 e. The van der Waals surface area contributed by atoms with E-state index in [1.54, 1.807) is 4.90 Å². The molecule has 0 atom stereocenters. The van der Waals surface area contributed by atoms with Gasteiger partial charge in [0.2, 0.25) is 0 Å². The maximum absolute atomic E-state index is 15.0. The zero-order chi connectivity index (χ0) is 30.9. The molecule has 0 radical (unpaired) electrons. The van der Waals surface area contributed by atoms with E-state index in [9.17, 15) is 24.6 Å². The van der Waals surface area contributed by atoms with E-state index in [4.69, 9.17) is 4.74 Å². The van der Waals surface area contributed by atoms with E-state index in [0.29, 0.717) is 25.9 Å². The summed E-state index contributed by atoms with van der Waals surface area (Å²) in [4.78, 5) is 50.6. The summed E-state index contributed by atoms with van der Waals surface area (Å²) in [6.07, 6.45) is 5.50. The standard InChI is InChI=1S/C31H34FN5O6/c1-31(2,3)43-30(42)36-12-10-21(11-13-36)37(20-5-6-20)29(41)19-16-33-27(34-17-19)23-8-4-18(14-24(23)32)28(40)35-25-9-7-22(38)15-26(25)39/h4,7-9,14-17,20-21,38-39H,5-6,10-13H2,1-3H3,(H,35,40). The molecule has 3 aromatic rings. The maximum Gasteiger partial charge on any atom is 0.410 e. The van der Waals surface area contributed by atoms with E-state index >= 15 is 4.39 Å². The van der Waals surface area contributed by atoms with Crippen LogP contribution in [0.5, 0.6) is 11.5 Å². The number of ether oxygens (including phenoxy) is 1. The molecule has 2 heterocycles. The summed E-state index contributed by atoms with van der Waals surface area (Å²) in [7, 11) is 0. The van der Waals surface area contributed by atoms with Crippen LogP contribution in [0.1, 0.15) is 67.2 Å². The van der Waals surface area contributed by atoms with Crippen LogP contribution < -0.4 is 5.32 Å². The number of likely N-dealkylation sites (tertiary alicyclic amines) is 1. The van der Waals surface area contributed by atoms with Crippen molar-refractivity contribution in [2.75, 3.05) is 18.4 Å². The molecule has 1 aliphatic heterocycles. The third-order valence-electron chi connectivity index (χ3n) is 7.28. The molecule has 226 valence electrons. The summed E-state index contributed by atoms with van der Waals surface area (Å²) in [5, 5.41) is 21.8. The number of nitrogens with zero attached hydrogens (tertiary/aromatic N) is 4. The Kier molecular flexibility index (Phi) is 8.21. The van der Waals surface area contributed by atoms with Gasteiger partial charge in [-0.25, -0.2) is 19.2 Å². The molecule has 43 heavy (non-hydrogen) atoms. The van der Waals surface area contributed by atoms with E-state index in [0.717, 1.165) is 25.0 Å². The predicted octanol–water partition coefficient (Wildman–Crippen LogP) is 4.95. The molecule has 1 saturated carbocycles. The number of piperidine rings is 1. The zero-order valence-electron chi connectivity index (χ0n) is 24.2. The number of phenolic OH excluding ortho intramolecular Hbond substituents is 2. The van der Waals surface area contributed by atoms with Crippen LogP contribution in [-0.4, -0.2) is 78.7 Å². The third-order valence-corrected chi connectivity index (χ3v) is 7.28. The van der Waals surface area contributed by atoms with Crippen molar-refractivity contribution in [1.82, 2.24) is 19.8 Å². The highest BCUT2D eigenvalue weighted by Gasteiger charge is 2.40. The van der Waals surface area contributed by atoms with Crippen molar-refractivity contribution in [3.63, 3.8) is 0 Å². The van der Waals surface area contributed by atoms with Gasteiger partial charge in [-0.1, -0.05) is 0 Å². The molecule has 12 heteroatoms. The van der Waals surface area contributed by atoms with E-state index in [1.807, 2.05) is 25.7 Å². The molecule has 1 saturated heterocycles. The number of rotatable bonds is 6. The van der Waals surface area contributed by atoms with Crippen molar-refractivity contribution in [2.24, 2.45) is 0 Å². The molecule has 1 aromatic heterocycles. The van der Waals surface area contributed by atoms with Gasteiger partial charge in [-0.3, -0.25) is 9.59 Å². The van der Waals surface area contributed by atoms with Crippen LogP contribution in [0, 0.1) is 5.82 Å². The van der Waals surface area contributed by atoms with Gasteiger partial charge in [-0.15, -0.1) is 0 Å². The van der Waals surface area contributed by atoms with Gasteiger partial charge in [0.15, 0.2) is 5.82 Å². The van der Waals surface area contributed by atoms with Crippen molar-refractivity contribution >= 4 is 23.6 Å². The quantitative estimate of drug-likeness (QED) is 0.270. The Hall–Kier alpha value is -4.74. The third kappa shape index (κ3) is 7.02. The second-order valence-electron chi connectivity index (χ2n) is 11.8.